The van der Waals surface area contributed by atoms with E-state index in [-0.39, 0.29) is 11.3 Å². The van der Waals surface area contributed by atoms with Crippen LogP contribution in [0.25, 0.3) is 0 Å². The summed E-state index contributed by atoms with van der Waals surface area (Å²) in [5.41, 5.74) is -0.723. The molecule has 0 aliphatic heterocycles. The topological polar surface area (TPSA) is 37.3 Å². The molecule has 0 aromatic carbocycles. The SMILES string of the molecule is C[C@@]1(O)CCCC[C@H]1C1(C=O)CC1. The van der Waals surface area contributed by atoms with E-state index >= 15 is 0 Å². The second-order valence-electron chi connectivity index (χ2n) is 5.01. The van der Waals surface area contributed by atoms with Crippen LogP contribution in [0, 0.1) is 11.3 Å². The molecule has 0 spiro atoms. The Morgan fingerprint density at radius 2 is 2.00 bits per heavy atom. The minimum absolute atomic E-state index is 0.135. The molecule has 2 aliphatic rings. The second kappa shape index (κ2) is 2.81. The van der Waals surface area contributed by atoms with Crippen LogP contribution in [0.4, 0.5) is 0 Å². The van der Waals surface area contributed by atoms with E-state index in [1.54, 1.807) is 0 Å². The van der Waals surface area contributed by atoms with Gasteiger partial charge in [-0.15, -0.1) is 0 Å². The Labute approximate surface area is 79.3 Å². The van der Waals surface area contributed by atoms with Gasteiger partial charge in [0.1, 0.15) is 6.29 Å². The molecule has 0 aromatic heterocycles. The highest BCUT2D eigenvalue weighted by Crippen LogP contribution is 2.57. The number of hydrogen-bond acceptors (Lipinski definition) is 2. The van der Waals surface area contributed by atoms with E-state index in [1.807, 2.05) is 6.92 Å². The molecular weight excluding hydrogens is 164 g/mol. The van der Waals surface area contributed by atoms with Crippen molar-refractivity contribution < 1.29 is 9.90 Å². The second-order valence-corrected chi connectivity index (χ2v) is 5.01. The Kier molecular flexibility index (Phi) is 1.99. The minimum atomic E-state index is -0.588. The normalized spacial score (nSPS) is 42.8. The summed E-state index contributed by atoms with van der Waals surface area (Å²) >= 11 is 0. The van der Waals surface area contributed by atoms with Gasteiger partial charge >= 0.3 is 0 Å². The quantitative estimate of drug-likeness (QED) is 0.662. The van der Waals surface area contributed by atoms with Crippen LogP contribution in [0.2, 0.25) is 0 Å². The van der Waals surface area contributed by atoms with Crippen LogP contribution in [0.1, 0.15) is 45.4 Å². The highest BCUT2D eigenvalue weighted by atomic mass is 16.3. The molecule has 74 valence electrons. The highest BCUT2D eigenvalue weighted by molar-refractivity contribution is 5.64. The van der Waals surface area contributed by atoms with Gasteiger partial charge in [-0.05, 0) is 38.5 Å². The molecule has 0 unspecified atom stereocenters. The van der Waals surface area contributed by atoms with Gasteiger partial charge in [-0.3, -0.25) is 0 Å². The monoisotopic (exact) mass is 182 g/mol. The summed E-state index contributed by atoms with van der Waals surface area (Å²) in [4.78, 5) is 11.0. The van der Waals surface area contributed by atoms with Crippen molar-refractivity contribution in [1.29, 1.82) is 0 Å². The molecule has 0 bridgehead atoms. The number of hydrogen-bond donors (Lipinski definition) is 1. The van der Waals surface area contributed by atoms with Crippen molar-refractivity contribution in [3.05, 3.63) is 0 Å². The number of aldehydes is 1. The van der Waals surface area contributed by atoms with Gasteiger partial charge in [0.05, 0.1) is 5.60 Å². The van der Waals surface area contributed by atoms with E-state index in [0.717, 1.165) is 38.4 Å². The lowest BCUT2D eigenvalue weighted by Gasteiger charge is -2.40. The summed E-state index contributed by atoms with van der Waals surface area (Å²) in [6.07, 6.45) is 7.28. The Morgan fingerprint density at radius 1 is 1.31 bits per heavy atom. The largest absolute Gasteiger partial charge is 0.390 e. The zero-order chi connectivity index (χ0) is 9.53. The van der Waals surface area contributed by atoms with Crippen molar-refractivity contribution >= 4 is 6.29 Å². The maximum absolute atomic E-state index is 11.0. The van der Waals surface area contributed by atoms with E-state index in [1.165, 1.54) is 6.42 Å². The lowest BCUT2D eigenvalue weighted by molar-refractivity contribution is -0.122. The zero-order valence-electron chi connectivity index (χ0n) is 8.25. The molecule has 0 saturated heterocycles. The van der Waals surface area contributed by atoms with Gasteiger partial charge in [-0.25, -0.2) is 0 Å². The maximum atomic E-state index is 11.0. The van der Waals surface area contributed by atoms with Crippen LogP contribution in [-0.2, 0) is 4.79 Å². The number of carbonyl (C=O) groups is 1. The fourth-order valence-electron chi connectivity index (χ4n) is 2.92. The summed E-state index contributed by atoms with van der Waals surface area (Å²) in [7, 11) is 0. The van der Waals surface area contributed by atoms with Crippen LogP contribution in [-0.4, -0.2) is 17.0 Å². The van der Waals surface area contributed by atoms with E-state index in [4.69, 9.17) is 0 Å². The van der Waals surface area contributed by atoms with Gasteiger partial charge in [0.2, 0.25) is 0 Å². The van der Waals surface area contributed by atoms with E-state index < -0.39 is 5.60 Å². The summed E-state index contributed by atoms with van der Waals surface area (Å²) in [5, 5.41) is 10.2. The maximum Gasteiger partial charge on any atom is 0.126 e. The standard InChI is InChI=1S/C11H18O2/c1-10(13)5-3-2-4-9(10)11(8-12)6-7-11/h8-9,13H,2-7H2,1H3/t9-,10-/m1/s1. The Balaban J connectivity index is 2.16. The van der Waals surface area contributed by atoms with Crippen LogP contribution < -0.4 is 0 Å². The highest BCUT2D eigenvalue weighted by Gasteiger charge is 2.55. The van der Waals surface area contributed by atoms with Crippen molar-refractivity contribution in [2.75, 3.05) is 0 Å². The molecule has 0 radical (unpaired) electrons. The smallest absolute Gasteiger partial charge is 0.126 e. The molecule has 0 heterocycles. The van der Waals surface area contributed by atoms with Crippen molar-refractivity contribution in [1.82, 2.24) is 0 Å². The van der Waals surface area contributed by atoms with Gasteiger partial charge < -0.3 is 9.90 Å². The summed E-state index contributed by atoms with van der Waals surface area (Å²) in [6, 6.07) is 0. The number of aliphatic hydroxyl groups is 1. The molecule has 0 aromatic rings. The molecule has 2 fully saturated rings. The Morgan fingerprint density at radius 3 is 2.46 bits per heavy atom. The van der Waals surface area contributed by atoms with Gasteiger partial charge in [-0.1, -0.05) is 12.8 Å². The summed E-state index contributed by atoms with van der Waals surface area (Å²) in [6.45, 7) is 1.90. The predicted octanol–water partition coefficient (Wildman–Crippen LogP) is 1.91. The van der Waals surface area contributed by atoms with E-state index in [9.17, 15) is 9.90 Å². The van der Waals surface area contributed by atoms with Crippen molar-refractivity contribution in [2.24, 2.45) is 11.3 Å². The molecule has 2 heteroatoms. The van der Waals surface area contributed by atoms with E-state index in [0.29, 0.717) is 0 Å². The van der Waals surface area contributed by atoms with Crippen molar-refractivity contribution in [3.8, 4) is 0 Å². The van der Waals surface area contributed by atoms with E-state index in [2.05, 4.69) is 0 Å². The average Bonchev–Trinajstić information content (AvgIpc) is 2.84. The lowest BCUT2D eigenvalue weighted by Crippen LogP contribution is -2.43. The Hall–Kier alpha value is -0.370. The van der Waals surface area contributed by atoms with Gasteiger partial charge in [0, 0.05) is 5.41 Å². The molecule has 2 rings (SSSR count). The van der Waals surface area contributed by atoms with Gasteiger partial charge in [0.15, 0.2) is 0 Å². The molecule has 2 saturated carbocycles. The number of rotatable bonds is 2. The fourth-order valence-corrected chi connectivity index (χ4v) is 2.92. The number of carbonyl (C=O) groups excluding carboxylic acids is 1. The lowest BCUT2D eigenvalue weighted by atomic mass is 9.69. The van der Waals surface area contributed by atoms with Crippen molar-refractivity contribution in [3.63, 3.8) is 0 Å². The van der Waals surface area contributed by atoms with Crippen LogP contribution in [0.15, 0.2) is 0 Å². The minimum Gasteiger partial charge on any atom is -0.390 e. The first kappa shape index (κ1) is 9.20. The third-order valence-electron chi connectivity index (χ3n) is 3.93. The molecule has 13 heavy (non-hydrogen) atoms. The third kappa shape index (κ3) is 1.41. The molecule has 2 aliphatic carbocycles. The zero-order valence-corrected chi connectivity index (χ0v) is 8.25. The fraction of sp³-hybridized carbons (Fsp3) is 0.909. The van der Waals surface area contributed by atoms with Gasteiger partial charge in [-0.2, -0.15) is 0 Å². The molecular formula is C11H18O2. The molecule has 0 amide bonds. The molecule has 2 nitrogen and oxygen atoms in total. The summed E-state index contributed by atoms with van der Waals surface area (Å²) < 4.78 is 0. The Bertz CT molecular complexity index is 216. The average molecular weight is 182 g/mol. The molecule has 2 atom stereocenters. The molecule has 1 N–H and O–H groups in total. The van der Waals surface area contributed by atoms with Crippen LogP contribution in [0.5, 0.6) is 0 Å². The van der Waals surface area contributed by atoms with Crippen molar-refractivity contribution in [2.45, 2.75) is 51.0 Å². The third-order valence-corrected chi connectivity index (χ3v) is 3.93. The summed E-state index contributed by atoms with van der Waals surface area (Å²) in [5.74, 6) is 0.228. The van der Waals surface area contributed by atoms with Gasteiger partial charge in [0.25, 0.3) is 0 Å². The first-order valence-electron chi connectivity index (χ1n) is 5.29. The predicted molar refractivity (Wildman–Crippen MR) is 50.3 cm³/mol. The first-order valence-corrected chi connectivity index (χ1v) is 5.29. The first-order chi connectivity index (χ1) is 6.11. The van der Waals surface area contributed by atoms with Crippen LogP contribution >= 0.6 is 0 Å². The van der Waals surface area contributed by atoms with Crippen LogP contribution in [0.3, 0.4) is 0 Å².